The quantitative estimate of drug-likeness (QED) is 0.780. The highest BCUT2D eigenvalue weighted by atomic mass is 19.4. The standard InChI is InChI=1S/C11H10F3N3/c1-7-4-5-17(16-7)10-3-2-8(6-9(10)15)11(12,13)14/h2-6H,15H2,1H3. The summed E-state index contributed by atoms with van der Waals surface area (Å²) in [4.78, 5) is 0. The molecule has 2 N–H and O–H groups in total. The lowest BCUT2D eigenvalue weighted by molar-refractivity contribution is -0.137. The van der Waals surface area contributed by atoms with E-state index in [1.165, 1.54) is 10.7 Å². The highest BCUT2D eigenvalue weighted by molar-refractivity contribution is 5.59. The lowest BCUT2D eigenvalue weighted by Crippen LogP contribution is -2.08. The maximum Gasteiger partial charge on any atom is 0.416 e. The van der Waals surface area contributed by atoms with Gasteiger partial charge >= 0.3 is 6.18 Å². The zero-order valence-corrected chi connectivity index (χ0v) is 8.99. The molecule has 0 radical (unpaired) electrons. The molecule has 0 saturated carbocycles. The lowest BCUT2D eigenvalue weighted by atomic mass is 10.1. The molecule has 0 saturated heterocycles. The van der Waals surface area contributed by atoms with E-state index in [-0.39, 0.29) is 5.69 Å². The van der Waals surface area contributed by atoms with Crippen molar-refractivity contribution in [3.8, 4) is 5.69 Å². The summed E-state index contributed by atoms with van der Waals surface area (Å²) in [5, 5.41) is 4.09. The van der Waals surface area contributed by atoms with Crippen molar-refractivity contribution in [1.82, 2.24) is 9.78 Å². The Kier molecular flexibility index (Phi) is 2.57. The SMILES string of the molecule is Cc1ccn(-c2ccc(C(F)(F)F)cc2N)n1. The van der Waals surface area contributed by atoms with Gasteiger partial charge in [0.05, 0.1) is 22.6 Å². The minimum atomic E-state index is -4.38. The molecule has 17 heavy (non-hydrogen) atoms. The second kappa shape index (κ2) is 3.80. The summed E-state index contributed by atoms with van der Waals surface area (Å²) in [7, 11) is 0. The van der Waals surface area contributed by atoms with Crippen molar-refractivity contribution in [2.45, 2.75) is 13.1 Å². The predicted octanol–water partition coefficient (Wildman–Crippen LogP) is 2.78. The molecule has 0 spiro atoms. The number of rotatable bonds is 1. The number of nitrogens with zero attached hydrogens (tertiary/aromatic N) is 2. The summed E-state index contributed by atoms with van der Waals surface area (Å²) < 4.78 is 38.7. The van der Waals surface area contributed by atoms with Crippen LogP contribution in [0.3, 0.4) is 0 Å². The van der Waals surface area contributed by atoms with E-state index in [9.17, 15) is 13.2 Å². The first-order valence-electron chi connectivity index (χ1n) is 4.87. The second-order valence-electron chi connectivity index (χ2n) is 3.67. The van der Waals surface area contributed by atoms with Gasteiger partial charge in [0, 0.05) is 6.20 Å². The molecule has 1 aromatic carbocycles. The van der Waals surface area contributed by atoms with Gasteiger partial charge in [-0.15, -0.1) is 0 Å². The Hall–Kier alpha value is -1.98. The molecule has 0 amide bonds. The van der Waals surface area contributed by atoms with Crippen molar-refractivity contribution in [3.05, 3.63) is 41.7 Å². The van der Waals surface area contributed by atoms with Crippen molar-refractivity contribution in [2.75, 3.05) is 5.73 Å². The zero-order chi connectivity index (χ0) is 12.6. The summed E-state index contributed by atoms with van der Waals surface area (Å²) in [6.45, 7) is 1.79. The topological polar surface area (TPSA) is 43.8 Å². The molecule has 0 aliphatic rings. The molecule has 0 fully saturated rings. The van der Waals surface area contributed by atoms with Crippen molar-refractivity contribution >= 4 is 5.69 Å². The molecular formula is C11H10F3N3. The molecule has 0 aliphatic heterocycles. The van der Waals surface area contributed by atoms with Crippen LogP contribution in [0.4, 0.5) is 18.9 Å². The number of nitrogen functional groups attached to an aromatic ring is 1. The molecule has 0 aliphatic carbocycles. The maximum absolute atomic E-state index is 12.4. The largest absolute Gasteiger partial charge is 0.416 e. The molecule has 0 bridgehead atoms. The Bertz CT molecular complexity index is 543. The Morgan fingerprint density at radius 2 is 1.94 bits per heavy atom. The molecule has 0 atom stereocenters. The van der Waals surface area contributed by atoms with Gasteiger partial charge < -0.3 is 5.73 Å². The number of hydrogen-bond acceptors (Lipinski definition) is 2. The number of aromatic nitrogens is 2. The zero-order valence-electron chi connectivity index (χ0n) is 8.99. The van der Waals surface area contributed by atoms with E-state index in [1.54, 1.807) is 19.2 Å². The van der Waals surface area contributed by atoms with Crippen LogP contribution in [-0.4, -0.2) is 9.78 Å². The van der Waals surface area contributed by atoms with Crippen molar-refractivity contribution in [3.63, 3.8) is 0 Å². The Morgan fingerprint density at radius 1 is 1.24 bits per heavy atom. The van der Waals surface area contributed by atoms with Crippen molar-refractivity contribution in [1.29, 1.82) is 0 Å². The third-order valence-corrected chi connectivity index (χ3v) is 2.32. The van der Waals surface area contributed by atoms with E-state index >= 15 is 0 Å². The van der Waals surface area contributed by atoms with Crippen LogP contribution >= 0.6 is 0 Å². The summed E-state index contributed by atoms with van der Waals surface area (Å²) in [6, 6.07) is 4.96. The van der Waals surface area contributed by atoms with E-state index in [4.69, 9.17) is 5.73 Å². The molecule has 6 heteroatoms. The van der Waals surface area contributed by atoms with Crippen molar-refractivity contribution < 1.29 is 13.2 Å². The molecule has 1 heterocycles. The van der Waals surface area contributed by atoms with Gasteiger partial charge in [0.25, 0.3) is 0 Å². The van der Waals surface area contributed by atoms with Crippen molar-refractivity contribution in [2.24, 2.45) is 0 Å². The van der Waals surface area contributed by atoms with Crippen LogP contribution in [0.25, 0.3) is 5.69 Å². The van der Waals surface area contributed by atoms with E-state index in [0.29, 0.717) is 5.69 Å². The van der Waals surface area contributed by atoms with E-state index in [1.807, 2.05) is 0 Å². The fourth-order valence-electron chi connectivity index (χ4n) is 1.49. The van der Waals surface area contributed by atoms with Gasteiger partial charge in [-0.1, -0.05) is 0 Å². The van der Waals surface area contributed by atoms with Crippen LogP contribution < -0.4 is 5.73 Å². The first-order chi connectivity index (χ1) is 7.88. The average Bonchev–Trinajstić information content (AvgIpc) is 2.63. The van der Waals surface area contributed by atoms with Gasteiger partial charge in [-0.25, -0.2) is 4.68 Å². The van der Waals surface area contributed by atoms with Crippen LogP contribution in [0.5, 0.6) is 0 Å². The molecular weight excluding hydrogens is 231 g/mol. The monoisotopic (exact) mass is 241 g/mol. The molecule has 2 aromatic rings. The van der Waals surface area contributed by atoms with Crippen LogP contribution in [-0.2, 0) is 6.18 Å². The number of halogens is 3. The minimum Gasteiger partial charge on any atom is -0.397 e. The summed E-state index contributed by atoms with van der Waals surface area (Å²) in [5.74, 6) is 0. The first-order valence-corrected chi connectivity index (χ1v) is 4.87. The van der Waals surface area contributed by atoms with Gasteiger partial charge in [-0.2, -0.15) is 18.3 Å². The Morgan fingerprint density at radius 3 is 2.41 bits per heavy atom. The Balaban J connectivity index is 2.45. The normalized spacial score (nSPS) is 11.8. The molecule has 3 nitrogen and oxygen atoms in total. The smallest absolute Gasteiger partial charge is 0.397 e. The lowest BCUT2D eigenvalue weighted by Gasteiger charge is -2.10. The third-order valence-electron chi connectivity index (χ3n) is 2.32. The Labute approximate surface area is 95.7 Å². The predicted molar refractivity (Wildman–Crippen MR) is 57.7 cm³/mol. The van der Waals surface area contributed by atoms with E-state index in [0.717, 1.165) is 17.8 Å². The van der Waals surface area contributed by atoms with Crippen LogP contribution in [0.2, 0.25) is 0 Å². The molecule has 90 valence electrons. The highest BCUT2D eigenvalue weighted by Crippen LogP contribution is 2.32. The van der Waals surface area contributed by atoms with Gasteiger partial charge in [-0.05, 0) is 31.2 Å². The second-order valence-corrected chi connectivity index (χ2v) is 3.67. The van der Waals surface area contributed by atoms with Crippen LogP contribution in [0, 0.1) is 6.92 Å². The minimum absolute atomic E-state index is 0.0444. The molecule has 2 rings (SSSR count). The van der Waals surface area contributed by atoms with Gasteiger partial charge in [0.1, 0.15) is 0 Å². The number of anilines is 1. The fourth-order valence-corrected chi connectivity index (χ4v) is 1.49. The first kappa shape index (κ1) is 11.5. The van der Waals surface area contributed by atoms with Gasteiger partial charge in [-0.3, -0.25) is 0 Å². The summed E-state index contributed by atoms with van der Waals surface area (Å²) in [6.07, 6.45) is -2.74. The van der Waals surface area contributed by atoms with Gasteiger partial charge in [0.2, 0.25) is 0 Å². The van der Waals surface area contributed by atoms with E-state index < -0.39 is 11.7 Å². The molecule has 0 unspecified atom stereocenters. The summed E-state index contributed by atoms with van der Waals surface area (Å²) >= 11 is 0. The number of aryl methyl sites for hydroxylation is 1. The van der Waals surface area contributed by atoms with E-state index in [2.05, 4.69) is 5.10 Å². The van der Waals surface area contributed by atoms with Crippen LogP contribution in [0.1, 0.15) is 11.3 Å². The number of benzene rings is 1. The number of nitrogens with two attached hydrogens (primary N) is 1. The molecule has 1 aromatic heterocycles. The summed E-state index contributed by atoms with van der Waals surface area (Å²) in [5.41, 5.74) is 6.09. The third kappa shape index (κ3) is 2.25. The average molecular weight is 241 g/mol. The fraction of sp³-hybridized carbons (Fsp3) is 0.182. The number of hydrogen-bond donors (Lipinski definition) is 1. The number of alkyl halides is 3. The highest BCUT2D eigenvalue weighted by Gasteiger charge is 2.30. The van der Waals surface area contributed by atoms with Gasteiger partial charge in [0.15, 0.2) is 0 Å². The van der Waals surface area contributed by atoms with Crippen LogP contribution in [0.15, 0.2) is 30.5 Å². The maximum atomic E-state index is 12.4.